The van der Waals surface area contributed by atoms with E-state index in [9.17, 15) is 0 Å². The van der Waals surface area contributed by atoms with E-state index in [-0.39, 0.29) is 12.1 Å². The lowest BCUT2D eigenvalue weighted by Gasteiger charge is -2.31. The van der Waals surface area contributed by atoms with E-state index in [0.717, 1.165) is 30.9 Å². The molecule has 21 heavy (non-hydrogen) atoms. The molecule has 4 heteroatoms. The molecule has 1 heterocycles. The third-order valence-corrected chi connectivity index (χ3v) is 3.34. The minimum absolute atomic E-state index is 0.123. The van der Waals surface area contributed by atoms with Gasteiger partial charge in [-0.1, -0.05) is 27.7 Å². The monoisotopic (exact) mass is 294 g/mol. The summed E-state index contributed by atoms with van der Waals surface area (Å²) in [7, 11) is 0. The lowest BCUT2D eigenvalue weighted by molar-refractivity contribution is 0.00305. The Labute approximate surface area is 129 Å². The summed E-state index contributed by atoms with van der Waals surface area (Å²) in [6.45, 7) is 13.0. The van der Waals surface area contributed by atoms with Crippen LogP contribution in [0.5, 0.6) is 5.75 Å². The summed E-state index contributed by atoms with van der Waals surface area (Å²) in [6, 6.07) is 2.21. The molecule has 1 rings (SSSR count). The van der Waals surface area contributed by atoms with Crippen molar-refractivity contribution in [1.82, 2.24) is 10.3 Å². The summed E-state index contributed by atoms with van der Waals surface area (Å²) in [5, 5.41) is 3.53. The molecule has 0 saturated carbocycles. The predicted octanol–water partition coefficient (Wildman–Crippen LogP) is 3.58. The van der Waals surface area contributed by atoms with Crippen LogP contribution in [0, 0.1) is 5.92 Å². The zero-order chi connectivity index (χ0) is 15.7. The van der Waals surface area contributed by atoms with Gasteiger partial charge in [0.2, 0.25) is 0 Å². The lowest BCUT2D eigenvalue weighted by Crippen LogP contribution is -2.37. The first-order valence-corrected chi connectivity index (χ1v) is 8.06. The Bertz CT molecular complexity index is 396. The van der Waals surface area contributed by atoms with Crippen LogP contribution in [0.4, 0.5) is 0 Å². The highest BCUT2D eigenvalue weighted by Gasteiger charge is 2.26. The van der Waals surface area contributed by atoms with E-state index in [0.29, 0.717) is 12.5 Å². The normalized spacial score (nSPS) is 14.2. The van der Waals surface area contributed by atoms with E-state index < -0.39 is 0 Å². The van der Waals surface area contributed by atoms with Crippen molar-refractivity contribution in [2.45, 2.75) is 53.2 Å². The van der Waals surface area contributed by atoms with Gasteiger partial charge in [0.05, 0.1) is 24.9 Å². The number of ether oxygens (including phenoxy) is 2. The fraction of sp³-hybridized carbons (Fsp3) is 0.706. The van der Waals surface area contributed by atoms with Gasteiger partial charge < -0.3 is 14.8 Å². The number of rotatable bonds is 10. The molecule has 0 amide bonds. The molecule has 1 aromatic heterocycles. The molecular weight excluding hydrogens is 264 g/mol. The highest BCUT2D eigenvalue weighted by atomic mass is 16.5. The first kappa shape index (κ1) is 17.9. The first-order chi connectivity index (χ1) is 10.1. The van der Waals surface area contributed by atoms with Gasteiger partial charge in [0, 0.05) is 12.8 Å². The van der Waals surface area contributed by atoms with Crippen molar-refractivity contribution in [2.75, 3.05) is 19.8 Å². The second kappa shape index (κ2) is 9.74. The summed E-state index contributed by atoms with van der Waals surface area (Å²) >= 11 is 0. The van der Waals surface area contributed by atoms with Gasteiger partial charge in [0.15, 0.2) is 0 Å². The van der Waals surface area contributed by atoms with Crippen molar-refractivity contribution >= 4 is 0 Å². The maximum absolute atomic E-state index is 5.96. The topological polar surface area (TPSA) is 43.4 Å². The fourth-order valence-corrected chi connectivity index (χ4v) is 2.41. The highest BCUT2D eigenvalue weighted by Crippen LogP contribution is 2.26. The zero-order valence-corrected chi connectivity index (χ0v) is 14.1. The van der Waals surface area contributed by atoms with Crippen LogP contribution < -0.4 is 10.1 Å². The molecule has 0 radical (unpaired) electrons. The fourth-order valence-electron chi connectivity index (χ4n) is 2.41. The Morgan fingerprint density at radius 2 is 1.95 bits per heavy atom. The molecule has 0 aliphatic rings. The van der Waals surface area contributed by atoms with Crippen molar-refractivity contribution in [2.24, 2.45) is 5.92 Å². The Morgan fingerprint density at radius 3 is 2.52 bits per heavy atom. The number of pyridine rings is 1. The van der Waals surface area contributed by atoms with Gasteiger partial charge in [0.1, 0.15) is 5.75 Å². The SMILES string of the molecule is CCCOc1cncc(C(NCC)C(OCC)C(C)C)c1. The molecular formula is C17H30N2O2. The molecule has 0 fully saturated rings. The maximum Gasteiger partial charge on any atom is 0.137 e. The summed E-state index contributed by atoms with van der Waals surface area (Å²) in [5.41, 5.74) is 1.12. The number of hydrogen-bond acceptors (Lipinski definition) is 4. The number of nitrogens with zero attached hydrogens (tertiary/aromatic N) is 1. The molecule has 0 saturated heterocycles. The molecule has 0 spiro atoms. The summed E-state index contributed by atoms with van der Waals surface area (Å²) in [4.78, 5) is 4.32. The van der Waals surface area contributed by atoms with Crippen LogP contribution in [0.1, 0.15) is 52.6 Å². The quantitative estimate of drug-likeness (QED) is 0.716. The van der Waals surface area contributed by atoms with Crippen LogP contribution >= 0.6 is 0 Å². The van der Waals surface area contributed by atoms with Gasteiger partial charge >= 0.3 is 0 Å². The molecule has 4 nitrogen and oxygen atoms in total. The Hall–Kier alpha value is -1.13. The third kappa shape index (κ3) is 5.64. The van der Waals surface area contributed by atoms with Crippen LogP contribution in [-0.4, -0.2) is 30.8 Å². The average molecular weight is 294 g/mol. The first-order valence-electron chi connectivity index (χ1n) is 8.06. The van der Waals surface area contributed by atoms with E-state index >= 15 is 0 Å². The Kier molecular flexibility index (Phi) is 8.31. The van der Waals surface area contributed by atoms with Gasteiger partial charge in [-0.2, -0.15) is 0 Å². The van der Waals surface area contributed by atoms with E-state index in [1.807, 2.05) is 13.1 Å². The van der Waals surface area contributed by atoms with Gasteiger partial charge in [-0.15, -0.1) is 0 Å². The molecule has 0 aliphatic heterocycles. The van der Waals surface area contributed by atoms with E-state index in [1.54, 1.807) is 6.20 Å². The summed E-state index contributed by atoms with van der Waals surface area (Å²) in [6.07, 6.45) is 4.79. The second-order valence-electron chi connectivity index (χ2n) is 5.50. The van der Waals surface area contributed by atoms with Gasteiger partial charge in [0.25, 0.3) is 0 Å². The van der Waals surface area contributed by atoms with Gasteiger partial charge in [-0.05, 0) is 37.4 Å². The molecule has 2 unspecified atom stereocenters. The van der Waals surface area contributed by atoms with Crippen molar-refractivity contribution < 1.29 is 9.47 Å². The number of likely N-dealkylation sites (N-methyl/N-ethyl adjacent to an activating group) is 1. The molecule has 0 aliphatic carbocycles. The van der Waals surface area contributed by atoms with Crippen LogP contribution in [-0.2, 0) is 4.74 Å². The van der Waals surface area contributed by atoms with Crippen LogP contribution in [0.15, 0.2) is 18.5 Å². The van der Waals surface area contributed by atoms with Gasteiger partial charge in [-0.25, -0.2) is 0 Å². The molecule has 1 N–H and O–H groups in total. The highest BCUT2D eigenvalue weighted by molar-refractivity contribution is 5.27. The van der Waals surface area contributed by atoms with Gasteiger partial charge in [-0.3, -0.25) is 4.98 Å². The zero-order valence-electron chi connectivity index (χ0n) is 14.1. The average Bonchev–Trinajstić information content (AvgIpc) is 2.48. The standard InChI is InChI=1S/C17H30N2O2/c1-6-9-21-15-10-14(11-18-12-15)16(19-7-2)17(13(4)5)20-8-3/h10-13,16-17,19H,6-9H2,1-5H3. The minimum Gasteiger partial charge on any atom is -0.492 e. The largest absolute Gasteiger partial charge is 0.492 e. The predicted molar refractivity (Wildman–Crippen MR) is 86.7 cm³/mol. The van der Waals surface area contributed by atoms with Crippen LogP contribution in [0.25, 0.3) is 0 Å². The van der Waals surface area contributed by atoms with Crippen molar-refractivity contribution in [3.05, 3.63) is 24.0 Å². The minimum atomic E-state index is 0.123. The lowest BCUT2D eigenvalue weighted by atomic mass is 9.94. The molecule has 2 atom stereocenters. The Morgan fingerprint density at radius 1 is 1.19 bits per heavy atom. The molecule has 0 aromatic carbocycles. The summed E-state index contributed by atoms with van der Waals surface area (Å²) in [5.74, 6) is 1.26. The van der Waals surface area contributed by atoms with E-state index in [1.165, 1.54) is 0 Å². The number of aromatic nitrogens is 1. The second-order valence-corrected chi connectivity index (χ2v) is 5.50. The maximum atomic E-state index is 5.96. The van der Waals surface area contributed by atoms with Crippen LogP contribution in [0.2, 0.25) is 0 Å². The van der Waals surface area contributed by atoms with E-state index in [4.69, 9.17) is 9.47 Å². The van der Waals surface area contributed by atoms with Crippen LogP contribution in [0.3, 0.4) is 0 Å². The van der Waals surface area contributed by atoms with Crippen molar-refractivity contribution in [1.29, 1.82) is 0 Å². The number of hydrogen-bond donors (Lipinski definition) is 1. The molecule has 1 aromatic rings. The Balaban J connectivity index is 2.97. The third-order valence-electron chi connectivity index (χ3n) is 3.34. The van der Waals surface area contributed by atoms with Crippen molar-refractivity contribution in [3.8, 4) is 5.75 Å². The summed E-state index contributed by atoms with van der Waals surface area (Å²) < 4.78 is 11.7. The van der Waals surface area contributed by atoms with Crippen molar-refractivity contribution in [3.63, 3.8) is 0 Å². The molecule has 0 bridgehead atoms. The smallest absolute Gasteiger partial charge is 0.137 e. The molecule has 120 valence electrons. The number of nitrogens with one attached hydrogen (secondary N) is 1. The van der Waals surface area contributed by atoms with E-state index in [2.05, 4.69) is 44.1 Å².